The lowest BCUT2D eigenvalue weighted by molar-refractivity contribution is -0.385. The molecular formula is C12H12Br2N4O3. The lowest BCUT2D eigenvalue weighted by atomic mass is 10.3. The van der Waals surface area contributed by atoms with E-state index in [4.69, 9.17) is 0 Å². The Labute approximate surface area is 137 Å². The second-order valence-electron chi connectivity index (χ2n) is 4.34. The molecule has 0 saturated heterocycles. The highest BCUT2D eigenvalue weighted by Crippen LogP contribution is 2.26. The fraction of sp³-hybridized carbons (Fsp3) is 0.250. The number of nitro groups is 1. The van der Waals surface area contributed by atoms with Crippen LogP contribution in [0.25, 0.3) is 0 Å². The molecule has 0 radical (unpaired) electrons. The standard InChI is InChI=1S/C12H12Br2N4O3/c13-8-1-2-11(14)12(3-8)15-5-10(19)7-17-6-9(4-16-17)18(20)21/h1-4,6,10,15,19H,5,7H2. The normalized spacial score (nSPS) is 12.1. The highest BCUT2D eigenvalue weighted by molar-refractivity contribution is 9.11. The van der Waals surface area contributed by atoms with Crippen molar-refractivity contribution in [2.45, 2.75) is 12.6 Å². The first kappa shape index (κ1) is 15.9. The van der Waals surface area contributed by atoms with Crippen molar-refractivity contribution in [2.24, 2.45) is 0 Å². The van der Waals surface area contributed by atoms with Gasteiger partial charge in [0.15, 0.2) is 0 Å². The number of anilines is 1. The second kappa shape index (κ2) is 7.01. The third kappa shape index (κ3) is 4.51. The zero-order chi connectivity index (χ0) is 15.4. The van der Waals surface area contributed by atoms with Crippen molar-refractivity contribution >= 4 is 43.2 Å². The maximum absolute atomic E-state index is 10.5. The summed E-state index contributed by atoms with van der Waals surface area (Å²) < 4.78 is 3.15. The van der Waals surface area contributed by atoms with Crippen LogP contribution in [0.3, 0.4) is 0 Å². The van der Waals surface area contributed by atoms with Gasteiger partial charge in [-0.3, -0.25) is 14.8 Å². The molecule has 1 unspecified atom stereocenters. The zero-order valence-electron chi connectivity index (χ0n) is 10.7. The topological polar surface area (TPSA) is 93.2 Å². The predicted octanol–water partition coefficient (Wildman–Crippen LogP) is 2.79. The zero-order valence-corrected chi connectivity index (χ0v) is 13.9. The van der Waals surface area contributed by atoms with Gasteiger partial charge in [0.25, 0.3) is 0 Å². The molecule has 1 aromatic heterocycles. The molecule has 0 saturated carbocycles. The third-order valence-corrected chi connectivity index (χ3v) is 3.87. The highest BCUT2D eigenvalue weighted by Gasteiger charge is 2.12. The summed E-state index contributed by atoms with van der Waals surface area (Å²) in [7, 11) is 0. The van der Waals surface area contributed by atoms with Crippen LogP contribution in [0.2, 0.25) is 0 Å². The Bertz CT molecular complexity index is 647. The molecule has 2 N–H and O–H groups in total. The Morgan fingerprint density at radius 3 is 2.90 bits per heavy atom. The van der Waals surface area contributed by atoms with Crippen LogP contribution in [-0.2, 0) is 6.54 Å². The molecule has 9 heteroatoms. The molecule has 0 amide bonds. The molecule has 0 bridgehead atoms. The van der Waals surface area contributed by atoms with Crippen molar-refractivity contribution in [1.29, 1.82) is 0 Å². The SMILES string of the molecule is O=[N+]([O-])c1cnn(CC(O)CNc2cc(Br)ccc2Br)c1. The molecule has 0 aliphatic heterocycles. The number of aliphatic hydroxyl groups excluding tert-OH is 1. The molecule has 2 rings (SSSR count). The van der Waals surface area contributed by atoms with E-state index >= 15 is 0 Å². The van der Waals surface area contributed by atoms with Crippen molar-refractivity contribution in [3.05, 3.63) is 49.7 Å². The van der Waals surface area contributed by atoms with Gasteiger partial charge in [-0.1, -0.05) is 15.9 Å². The van der Waals surface area contributed by atoms with Crippen LogP contribution in [-0.4, -0.2) is 32.5 Å². The van der Waals surface area contributed by atoms with Gasteiger partial charge in [-0.05, 0) is 34.1 Å². The Morgan fingerprint density at radius 1 is 1.48 bits per heavy atom. The Kier molecular flexibility index (Phi) is 5.32. The van der Waals surface area contributed by atoms with Gasteiger partial charge < -0.3 is 10.4 Å². The fourth-order valence-electron chi connectivity index (χ4n) is 1.69. The van der Waals surface area contributed by atoms with E-state index < -0.39 is 11.0 Å². The number of aromatic nitrogens is 2. The van der Waals surface area contributed by atoms with Gasteiger partial charge in [-0.15, -0.1) is 0 Å². The van der Waals surface area contributed by atoms with E-state index in [9.17, 15) is 15.2 Å². The molecule has 0 aliphatic carbocycles. The van der Waals surface area contributed by atoms with E-state index in [0.717, 1.165) is 20.8 Å². The van der Waals surface area contributed by atoms with Crippen molar-refractivity contribution in [1.82, 2.24) is 9.78 Å². The van der Waals surface area contributed by atoms with Crippen LogP contribution in [0.5, 0.6) is 0 Å². The van der Waals surface area contributed by atoms with Gasteiger partial charge in [0.2, 0.25) is 0 Å². The summed E-state index contributed by atoms with van der Waals surface area (Å²) >= 11 is 6.78. The molecule has 7 nitrogen and oxygen atoms in total. The lowest BCUT2D eigenvalue weighted by Crippen LogP contribution is -2.25. The van der Waals surface area contributed by atoms with E-state index in [1.807, 2.05) is 18.2 Å². The van der Waals surface area contributed by atoms with Gasteiger partial charge in [0.1, 0.15) is 12.4 Å². The highest BCUT2D eigenvalue weighted by atomic mass is 79.9. The average molecular weight is 420 g/mol. The maximum Gasteiger partial charge on any atom is 0.306 e. The number of nitrogens with one attached hydrogen (secondary N) is 1. The number of benzene rings is 1. The first-order valence-electron chi connectivity index (χ1n) is 5.99. The summed E-state index contributed by atoms with van der Waals surface area (Å²) in [5.74, 6) is 0. The van der Waals surface area contributed by atoms with Gasteiger partial charge >= 0.3 is 5.69 Å². The largest absolute Gasteiger partial charge is 0.389 e. The van der Waals surface area contributed by atoms with E-state index in [-0.39, 0.29) is 12.2 Å². The van der Waals surface area contributed by atoms with Crippen LogP contribution in [0, 0.1) is 10.1 Å². The van der Waals surface area contributed by atoms with Gasteiger partial charge in [-0.2, -0.15) is 5.10 Å². The molecule has 0 aliphatic rings. The minimum absolute atomic E-state index is 0.0927. The minimum Gasteiger partial charge on any atom is -0.389 e. The Balaban J connectivity index is 1.90. The Hall–Kier alpha value is -1.45. The molecular weight excluding hydrogens is 408 g/mol. The van der Waals surface area contributed by atoms with E-state index in [1.165, 1.54) is 10.9 Å². The molecule has 2 aromatic rings. The van der Waals surface area contributed by atoms with Crippen molar-refractivity contribution in [2.75, 3.05) is 11.9 Å². The lowest BCUT2D eigenvalue weighted by Gasteiger charge is -2.14. The number of rotatable bonds is 6. The molecule has 1 aromatic carbocycles. The number of halogens is 2. The van der Waals surface area contributed by atoms with E-state index in [0.29, 0.717) is 6.54 Å². The number of nitrogens with zero attached hydrogens (tertiary/aromatic N) is 3. The quantitative estimate of drug-likeness (QED) is 0.554. The summed E-state index contributed by atoms with van der Waals surface area (Å²) in [5, 5.41) is 27.4. The van der Waals surface area contributed by atoms with Crippen LogP contribution in [0.15, 0.2) is 39.5 Å². The Morgan fingerprint density at radius 2 is 2.24 bits per heavy atom. The van der Waals surface area contributed by atoms with Crippen LogP contribution >= 0.6 is 31.9 Å². The fourth-order valence-corrected chi connectivity index (χ4v) is 2.44. The maximum atomic E-state index is 10.5. The van der Waals surface area contributed by atoms with Crippen molar-refractivity contribution in [3.63, 3.8) is 0 Å². The van der Waals surface area contributed by atoms with Crippen molar-refractivity contribution in [3.8, 4) is 0 Å². The number of hydrogen-bond acceptors (Lipinski definition) is 5. The van der Waals surface area contributed by atoms with Gasteiger partial charge in [-0.25, -0.2) is 0 Å². The van der Waals surface area contributed by atoms with Crippen LogP contribution in [0.1, 0.15) is 0 Å². The predicted molar refractivity (Wildman–Crippen MR) is 85.2 cm³/mol. The van der Waals surface area contributed by atoms with Crippen LogP contribution < -0.4 is 5.32 Å². The van der Waals surface area contributed by atoms with Crippen molar-refractivity contribution < 1.29 is 10.0 Å². The molecule has 21 heavy (non-hydrogen) atoms. The average Bonchev–Trinajstić information content (AvgIpc) is 2.88. The molecule has 112 valence electrons. The minimum atomic E-state index is -0.726. The monoisotopic (exact) mass is 418 g/mol. The van der Waals surface area contributed by atoms with Crippen LogP contribution in [0.4, 0.5) is 11.4 Å². The first-order chi connectivity index (χ1) is 9.95. The van der Waals surface area contributed by atoms with E-state index in [2.05, 4.69) is 42.3 Å². The number of hydrogen-bond donors (Lipinski definition) is 2. The van der Waals surface area contributed by atoms with Gasteiger partial charge in [0.05, 0.1) is 17.6 Å². The summed E-state index contributed by atoms with van der Waals surface area (Å²) in [5.41, 5.74) is 0.750. The summed E-state index contributed by atoms with van der Waals surface area (Å²) in [6.45, 7) is 0.467. The third-order valence-electron chi connectivity index (χ3n) is 2.68. The molecule has 1 atom stereocenters. The van der Waals surface area contributed by atoms with E-state index in [1.54, 1.807) is 0 Å². The second-order valence-corrected chi connectivity index (χ2v) is 6.11. The summed E-state index contributed by atoms with van der Waals surface area (Å²) in [6.07, 6.45) is 1.72. The molecule has 0 fully saturated rings. The molecule has 0 spiro atoms. The smallest absolute Gasteiger partial charge is 0.306 e. The molecule has 1 heterocycles. The first-order valence-corrected chi connectivity index (χ1v) is 7.58. The number of aliphatic hydroxyl groups is 1. The summed E-state index contributed by atoms with van der Waals surface area (Å²) in [6, 6.07) is 5.67. The summed E-state index contributed by atoms with van der Waals surface area (Å²) in [4.78, 5) is 10.0. The van der Waals surface area contributed by atoms with Gasteiger partial charge in [0, 0.05) is 21.2 Å².